The van der Waals surface area contributed by atoms with Crippen molar-refractivity contribution in [2.45, 2.75) is 136 Å². The lowest BCUT2D eigenvalue weighted by Crippen LogP contribution is -2.52. The van der Waals surface area contributed by atoms with E-state index in [2.05, 4.69) is 46.3 Å². The molecule has 46 heavy (non-hydrogen) atoms. The van der Waals surface area contributed by atoms with Crippen molar-refractivity contribution in [3.63, 3.8) is 0 Å². The molecule has 1 heterocycles. The van der Waals surface area contributed by atoms with Crippen molar-refractivity contribution in [3.05, 3.63) is 71.9 Å². The van der Waals surface area contributed by atoms with Crippen molar-refractivity contribution in [3.8, 4) is 0 Å². The maximum Gasteiger partial charge on any atom is 0.330 e. The molecule has 0 amide bonds. The summed E-state index contributed by atoms with van der Waals surface area (Å²) >= 11 is 0. The fraction of sp³-hybridized carbons (Fsp3) is 0.605. The third kappa shape index (κ3) is 14.3. The number of rotatable bonds is 9. The van der Waals surface area contributed by atoms with Crippen LogP contribution in [0.2, 0.25) is 16.6 Å². The number of allylic oxidation sites excluding steroid dienone is 7. The molecular weight excluding hydrogens is 596 g/mol. The number of ketones is 1. The molecule has 0 bridgehead atoms. The van der Waals surface area contributed by atoms with Crippen molar-refractivity contribution >= 4 is 26.0 Å². The predicted molar refractivity (Wildman–Crippen MR) is 190 cm³/mol. The van der Waals surface area contributed by atoms with Gasteiger partial charge in [0.05, 0.1) is 19.3 Å². The van der Waals surface area contributed by atoms with Crippen molar-refractivity contribution in [2.24, 2.45) is 5.92 Å². The summed E-state index contributed by atoms with van der Waals surface area (Å²) in [5.41, 5.74) is 2.93. The van der Waals surface area contributed by atoms with Gasteiger partial charge >= 0.3 is 11.9 Å². The second kappa shape index (κ2) is 21.1. The number of hydrogen-bond donors (Lipinski definition) is 1. The topological polar surface area (TPSA) is 99.1 Å². The molecule has 0 spiro atoms. The van der Waals surface area contributed by atoms with Gasteiger partial charge in [-0.05, 0) is 62.2 Å². The average molecular weight is 657 g/mol. The standard InChI is InChI=1S/C38H60O7Si/c1-27(2)46(28(3)4,29(5)6)45-35-23-22-33(39)18-14-12-16-20-38(42)44-36(26-30(7)17-13-11-15-19-34(35)40)32(9)25-31(8)21-24-37(41)43-10/h11,13,16-17,20-25,27-29,32,34-36,40H,12,14-15,18-19,26H2,1-10H3/t32-,34-,35-,36-/m1/s1. The van der Waals surface area contributed by atoms with Gasteiger partial charge in [-0.15, -0.1) is 0 Å². The molecule has 0 aromatic rings. The monoisotopic (exact) mass is 656 g/mol. The second-order valence-electron chi connectivity index (χ2n) is 13.4. The van der Waals surface area contributed by atoms with Gasteiger partial charge in [0.1, 0.15) is 6.10 Å². The van der Waals surface area contributed by atoms with Crippen molar-refractivity contribution in [1.29, 1.82) is 0 Å². The Morgan fingerprint density at radius 2 is 1.65 bits per heavy atom. The Labute approximate surface area is 279 Å². The van der Waals surface area contributed by atoms with Crippen LogP contribution in [0.25, 0.3) is 0 Å². The first-order chi connectivity index (χ1) is 21.6. The van der Waals surface area contributed by atoms with E-state index in [-0.39, 0.29) is 11.7 Å². The van der Waals surface area contributed by atoms with Gasteiger partial charge in [0.25, 0.3) is 0 Å². The lowest BCUT2D eigenvalue weighted by atomic mass is 9.95. The van der Waals surface area contributed by atoms with E-state index in [9.17, 15) is 19.5 Å². The molecule has 1 rings (SSSR count). The number of ether oxygens (including phenoxy) is 2. The van der Waals surface area contributed by atoms with Crippen LogP contribution in [0.15, 0.2) is 71.9 Å². The lowest BCUT2D eigenvalue weighted by Gasteiger charge is -2.45. The van der Waals surface area contributed by atoms with Crippen LogP contribution >= 0.6 is 0 Å². The fourth-order valence-electron chi connectivity index (χ4n) is 6.26. The third-order valence-electron chi connectivity index (χ3n) is 8.68. The Balaban J connectivity index is 3.29. The molecule has 1 N–H and O–H groups in total. The quantitative estimate of drug-likeness (QED) is 0.115. The number of aliphatic hydroxyl groups is 1. The molecule has 0 aromatic carbocycles. The number of carbonyl (C=O) groups is 3. The van der Waals surface area contributed by atoms with E-state index in [1.165, 1.54) is 19.3 Å². The molecule has 1 aliphatic heterocycles. The number of esters is 2. The normalized spacial score (nSPS) is 22.8. The molecule has 4 atom stereocenters. The van der Waals surface area contributed by atoms with Crippen molar-refractivity contribution < 1.29 is 33.4 Å². The van der Waals surface area contributed by atoms with Gasteiger partial charge in [-0.3, -0.25) is 4.79 Å². The molecule has 7 nitrogen and oxygen atoms in total. The van der Waals surface area contributed by atoms with E-state index in [1.54, 1.807) is 24.3 Å². The highest BCUT2D eigenvalue weighted by atomic mass is 28.4. The zero-order valence-corrected chi connectivity index (χ0v) is 31.0. The molecule has 1 aliphatic rings. The average Bonchev–Trinajstić information content (AvgIpc) is 2.98. The second-order valence-corrected chi connectivity index (χ2v) is 18.8. The van der Waals surface area contributed by atoms with E-state index in [1.807, 2.05) is 45.1 Å². The zero-order valence-electron chi connectivity index (χ0n) is 30.0. The number of carbonyl (C=O) groups excluding carboxylic acids is 3. The van der Waals surface area contributed by atoms with Gasteiger partial charge < -0.3 is 19.0 Å². The van der Waals surface area contributed by atoms with Gasteiger partial charge in [-0.1, -0.05) is 102 Å². The van der Waals surface area contributed by atoms with E-state index < -0.39 is 38.6 Å². The SMILES string of the molecule is COC(=O)C=CC(C)=C[C@@H](C)[C@H]1CC(C)=CC=CCC[C@@H](O)[C@H](O[Si](C(C)C)(C(C)C)C(C)C)C=CC(=O)CCCC=CC(=O)O1. The number of aliphatic hydroxyl groups excluding tert-OH is 1. The third-order valence-corrected chi connectivity index (χ3v) is 14.8. The summed E-state index contributed by atoms with van der Waals surface area (Å²) in [6.07, 6.45) is 18.9. The van der Waals surface area contributed by atoms with Crippen molar-refractivity contribution in [1.82, 2.24) is 0 Å². The first kappa shape index (κ1) is 41.2. The van der Waals surface area contributed by atoms with Crippen molar-refractivity contribution in [2.75, 3.05) is 7.11 Å². The van der Waals surface area contributed by atoms with Gasteiger partial charge in [0.15, 0.2) is 5.78 Å². The van der Waals surface area contributed by atoms with E-state index >= 15 is 0 Å². The number of cyclic esters (lactones) is 1. The molecule has 258 valence electrons. The molecule has 0 fully saturated rings. The minimum absolute atomic E-state index is 0.0325. The lowest BCUT2D eigenvalue weighted by molar-refractivity contribution is -0.144. The Kier molecular flexibility index (Phi) is 18.9. The van der Waals surface area contributed by atoms with E-state index in [0.29, 0.717) is 55.1 Å². The Morgan fingerprint density at radius 1 is 1.00 bits per heavy atom. The van der Waals surface area contributed by atoms with Crippen LogP contribution in [-0.4, -0.2) is 56.6 Å². The maximum atomic E-state index is 12.8. The highest BCUT2D eigenvalue weighted by Gasteiger charge is 2.47. The number of hydrogen-bond acceptors (Lipinski definition) is 7. The van der Waals surface area contributed by atoms with Crippen LogP contribution in [0.1, 0.15) is 101 Å². The molecule has 0 aromatic heterocycles. The van der Waals surface area contributed by atoms with Crippen LogP contribution in [0.3, 0.4) is 0 Å². The summed E-state index contributed by atoms with van der Waals surface area (Å²) in [4.78, 5) is 37.1. The van der Waals surface area contributed by atoms with Gasteiger partial charge in [-0.25, -0.2) is 9.59 Å². The summed E-state index contributed by atoms with van der Waals surface area (Å²) in [5.74, 6) is -1.02. The summed E-state index contributed by atoms with van der Waals surface area (Å²) < 4.78 is 17.5. The highest BCUT2D eigenvalue weighted by molar-refractivity contribution is 6.77. The summed E-state index contributed by atoms with van der Waals surface area (Å²) in [6.45, 7) is 19.1. The van der Waals surface area contributed by atoms with Crippen LogP contribution in [0.4, 0.5) is 0 Å². The molecular formula is C38H60O7Si. The first-order valence-corrected chi connectivity index (χ1v) is 19.0. The van der Waals surface area contributed by atoms with Gasteiger partial charge in [0, 0.05) is 30.9 Å². The summed E-state index contributed by atoms with van der Waals surface area (Å²) in [6, 6.07) is 0. The predicted octanol–water partition coefficient (Wildman–Crippen LogP) is 8.67. The fourth-order valence-corrected chi connectivity index (χ4v) is 11.8. The molecule has 8 heteroatoms. The van der Waals surface area contributed by atoms with E-state index in [4.69, 9.17) is 9.16 Å². The first-order valence-electron chi connectivity index (χ1n) is 16.8. The van der Waals surface area contributed by atoms with Crippen LogP contribution in [0.5, 0.6) is 0 Å². The summed E-state index contributed by atoms with van der Waals surface area (Å²) in [5, 5.41) is 11.3. The molecule has 0 saturated heterocycles. The maximum absolute atomic E-state index is 12.8. The Bertz CT molecular complexity index is 1130. The van der Waals surface area contributed by atoms with Gasteiger partial charge in [0.2, 0.25) is 8.32 Å². The minimum atomic E-state index is -2.31. The number of methoxy groups -OCH3 is 1. The summed E-state index contributed by atoms with van der Waals surface area (Å²) in [7, 11) is -0.979. The van der Waals surface area contributed by atoms with Crippen LogP contribution < -0.4 is 0 Å². The molecule has 0 radical (unpaired) electrons. The Morgan fingerprint density at radius 3 is 2.26 bits per heavy atom. The molecule has 0 saturated carbocycles. The molecule has 0 unspecified atom stereocenters. The van der Waals surface area contributed by atoms with Crippen LogP contribution in [-0.2, 0) is 28.3 Å². The zero-order chi connectivity index (χ0) is 34.9. The smallest absolute Gasteiger partial charge is 0.330 e. The van der Waals surface area contributed by atoms with Gasteiger partial charge in [-0.2, -0.15) is 0 Å². The van der Waals surface area contributed by atoms with Crippen LogP contribution in [0, 0.1) is 5.92 Å². The largest absolute Gasteiger partial charge is 0.466 e. The highest BCUT2D eigenvalue weighted by Crippen LogP contribution is 2.43. The molecule has 0 aliphatic carbocycles. The van der Waals surface area contributed by atoms with E-state index in [0.717, 1.165) is 11.1 Å². The Hall–Kier alpha value is -2.81. The minimum Gasteiger partial charge on any atom is -0.466 e.